The second-order valence-corrected chi connectivity index (χ2v) is 7.70. The first-order valence-electron chi connectivity index (χ1n) is 9.26. The van der Waals surface area contributed by atoms with Crippen LogP contribution in [0.2, 0.25) is 5.02 Å². The van der Waals surface area contributed by atoms with Crippen LogP contribution in [-0.2, 0) is 0 Å². The van der Waals surface area contributed by atoms with Crippen LogP contribution in [0.3, 0.4) is 0 Å². The van der Waals surface area contributed by atoms with E-state index in [1.165, 1.54) is 0 Å². The van der Waals surface area contributed by atoms with Crippen LogP contribution in [0.25, 0.3) is 5.78 Å². The average Bonchev–Trinajstić information content (AvgIpc) is 3.17. The maximum atomic E-state index is 12.8. The van der Waals surface area contributed by atoms with E-state index < -0.39 is 0 Å². The Balaban J connectivity index is 1.44. The van der Waals surface area contributed by atoms with Crippen molar-refractivity contribution in [3.05, 3.63) is 58.6 Å². The summed E-state index contributed by atoms with van der Waals surface area (Å²) in [5.74, 6) is 0.865. The number of imidazole rings is 1. The number of fused-ring (bicyclic) bond motifs is 1. The van der Waals surface area contributed by atoms with E-state index in [0.717, 1.165) is 18.4 Å². The molecule has 1 fully saturated rings. The third kappa shape index (κ3) is 3.43. The lowest BCUT2D eigenvalue weighted by Crippen LogP contribution is -2.41. The number of aromatic hydroxyl groups is 1. The van der Waals surface area contributed by atoms with Crippen molar-refractivity contribution in [3.8, 4) is 5.75 Å². The normalized spacial score (nSPS) is 16.5. The summed E-state index contributed by atoms with van der Waals surface area (Å²) in [6.45, 7) is 3.07. The molecule has 8 heteroatoms. The van der Waals surface area contributed by atoms with Gasteiger partial charge in [-0.2, -0.15) is 0 Å². The van der Waals surface area contributed by atoms with Gasteiger partial charge in [0.05, 0.1) is 5.56 Å². The lowest BCUT2D eigenvalue weighted by atomic mass is 9.85. The van der Waals surface area contributed by atoms with E-state index in [0.29, 0.717) is 35.0 Å². The number of likely N-dealkylation sites (tertiary alicyclic amines) is 1. The number of carbonyl (C=O) groups is 1. The molecule has 0 unspecified atom stereocenters. The van der Waals surface area contributed by atoms with Gasteiger partial charge >= 0.3 is 0 Å². The number of phenols is 1. The Morgan fingerprint density at radius 1 is 1.32 bits per heavy atom. The fourth-order valence-corrected chi connectivity index (χ4v) is 3.95. The molecule has 4 rings (SSSR count). The number of halogens is 1. The maximum absolute atomic E-state index is 12.8. The highest BCUT2D eigenvalue weighted by atomic mass is 35.5. The second kappa shape index (κ2) is 7.41. The van der Waals surface area contributed by atoms with E-state index in [2.05, 4.69) is 9.97 Å². The molecule has 7 nitrogen and oxygen atoms in total. The number of aryl methyl sites for hydroxylation is 1. The summed E-state index contributed by atoms with van der Waals surface area (Å²) in [4.78, 5) is 22.9. The topological polar surface area (TPSA) is 96.8 Å². The number of nitrogens with two attached hydrogens (primary N) is 1. The zero-order valence-electron chi connectivity index (χ0n) is 15.5. The molecule has 146 valence electrons. The van der Waals surface area contributed by atoms with E-state index in [9.17, 15) is 9.90 Å². The number of amides is 1. The van der Waals surface area contributed by atoms with Gasteiger partial charge in [-0.05, 0) is 43.4 Å². The summed E-state index contributed by atoms with van der Waals surface area (Å²) in [6.07, 6.45) is 8.26. The van der Waals surface area contributed by atoms with Crippen molar-refractivity contribution in [1.29, 1.82) is 0 Å². The minimum atomic E-state index is -0.320. The average molecular weight is 400 g/mol. The Morgan fingerprint density at radius 2 is 2.07 bits per heavy atom. The third-order valence-corrected chi connectivity index (χ3v) is 5.90. The van der Waals surface area contributed by atoms with Gasteiger partial charge in [0, 0.05) is 54.5 Å². The standard InChI is InChI=1S/C20H22ClN5O2/c1-12-8-17(27)15(9-16(12)21)18(22)13-2-5-25(6-3-13)19(28)14-10-24-20-23-4-7-26(20)11-14/h4,7-11,13,18,27H,2-3,5-6,22H2,1H3/t18-/m1/s1. The van der Waals surface area contributed by atoms with Gasteiger partial charge in [0.15, 0.2) is 0 Å². The van der Waals surface area contributed by atoms with Crippen LogP contribution in [0.4, 0.5) is 0 Å². The molecule has 0 spiro atoms. The fourth-order valence-electron chi connectivity index (χ4n) is 3.77. The predicted octanol–water partition coefficient (Wildman–Crippen LogP) is 2.95. The van der Waals surface area contributed by atoms with Crippen molar-refractivity contribution < 1.29 is 9.90 Å². The van der Waals surface area contributed by atoms with Crippen LogP contribution in [0.5, 0.6) is 5.75 Å². The Kier molecular flexibility index (Phi) is 4.95. The molecule has 1 amide bonds. The van der Waals surface area contributed by atoms with Gasteiger partial charge in [-0.1, -0.05) is 11.6 Å². The van der Waals surface area contributed by atoms with Gasteiger partial charge in [-0.15, -0.1) is 0 Å². The number of benzene rings is 1. The van der Waals surface area contributed by atoms with Crippen molar-refractivity contribution in [2.45, 2.75) is 25.8 Å². The monoisotopic (exact) mass is 399 g/mol. The third-order valence-electron chi connectivity index (χ3n) is 5.49. The molecule has 0 radical (unpaired) electrons. The van der Waals surface area contributed by atoms with E-state index in [-0.39, 0.29) is 23.6 Å². The van der Waals surface area contributed by atoms with Crippen molar-refractivity contribution in [2.75, 3.05) is 13.1 Å². The number of rotatable bonds is 3. The summed E-state index contributed by atoms with van der Waals surface area (Å²) < 4.78 is 1.74. The summed E-state index contributed by atoms with van der Waals surface area (Å²) in [5, 5.41) is 10.9. The number of carbonyl (C=O) groups excluding carboxylic acids is 1. The zero-order chi connectivity index (χ0) is 19.8. The Morgan fingerprint density at radius 3 is 2.82 bits per heavy atom. The maximum Gasteiger partial charge on any atom is 0.256 e. The van der Waals surface area contributed by atoms with Crippen LogP contribution in [0, 0.1) is 12.8 Å². The molecular formula is C20H22ClN5O2. The first-order chi connectivity index (χ1) is 13.4. The quantitative estimate of drug-likeness (QED) is 0.705. The van der Waals surface area contributed by atoms with Crippen molar-refractivity contribution in [1.82, 2.24) is 19.3 Å². The van der Waals surface area contributed by atoms with E-state index >= 15 is 0 Å². The van der Waals surface area contributed by atoms with Gasteiger partial charge in [-0.25, -0.2) is 9.97 Å². The van der Waals surface area contributed by atoms with E-state index in [1.807, 2.05) is 11.8 Å². The number of phenolic OH excluding ortho intramolecular Hbond substituents is 1. The highest BCUT2D eigenvalue weighted by Gasteiger charge is 2.29. The molecule has 2 aromatic heterocycles. The van der Waals surface area contributed by atoms with Crippen molar-refractivity contribution >= 4 is 23.3 Å². The molecule has 0 aliphatic carbocycles. The fraction of sp³-hybridized carbons (Fsp3) is 0.350. The molecule has 1 aromatic carbocycles. The molecule has 28 heavy (non-hydrogen) atoms. The highest BCUT2D eigenvalue weighted by Crippen LogP contribution is 2.36. The molecule has 1 aliphatic rings. The predicted molar refractivity (Wildman–Crippen MR) is 106 cm³/mol. The Labute approximate surface area is 167 Å². The van der Waals surface area contributed by atoms with Gasteiger partial charge in [-0.3, -0.25) is 9.20 Å². The van der Waals surface area contributed by atoms with Crippen LogP contribution >= 0.6 is 11.6 Å². The van der Waals surface area contributed by atoms with Gasteiger partial charge < -0.3 is 15.7 Å². The lowest BCUT2D eigenvalue weighted by Gasteiger charge is -2.35. The summed E-state index contributed by atoms with van der Waals surface area (Å²) in [7, 11) is 0. The minimum Gasteiger partial charge on any atom is -0.508 e. The van der Waals surface area contributed by atoms with E-state index in [4.69, 9.17) is 17.3 Å². The number of nitrogens with zero attached hydrogens (tertiary/aromatic N) is 4. The van der Waals surface area contributed by atoms with Gasteiger partial charge in [0.25, 0.3) is 5.91 Å². The highest BCUT2D eigenvalue weighted by molar-refractivity contribution is 6.31. The largest absolute Gasteiger partial charge is 0.508 e. The molecular weight excluding hydrogens is 378 g/mol. The number of hydrogen-bond acceptors (Lipinski definition) is 5. The number of aromatic nitrogens is 3. The van der Waals surface area contributed by atoms with Gasteiger partial charge in [0.2, 0.25) is 5.78 Å². The van der Waals surface area contributed by atoms with Crippen LogP contribution in [-0.4, -0.2) is 43.4 Å². The molecule has 3 N–H and O–H groups in total. The second-order valence-electron chi connectivity index (χ2n) is 7.29. The molecule has 0 saturated carbocycles. The van der Waals surface area contributed by atoms with Crippen molar-refractivity contribution in [3.63, 3.8) is 0 Å². The molecule has 3 aromatic rings. The van der Waals surface area contributed by atoms with Crippen LogP contribution in [0.15, 0.2) is 36.9 Å². The van der Waals surface area contributed by atoms with Gasteiger partial charge in [0.1, 0.15) is 5.75 Å². The number of piperidine rings is 1. The summed E-state index contributed by atoms with van der Waals surface area (Å²) in [6, 6.07) is 3.08. The SMILES string of the molecule is Cc1cc(O)c([C@H](N)C2CCN(C(=O)c3cnc4nccn4c3)CC2)cc1Cl. The van der Waals surface area contributed by atoms with Crippen molar-refractivity contribution in [2.24, 2.45) is 11.7 Å². The first kappa shape index (κ1) is 18.7. The Hall–Kier alpha value is -2.64. The van der Waals surface area contributed by atoms with Crippen LogP contribution in [0.1, 0.15) is 40.4 Å². The smallest absolute Gasteiger partial charge is 0.256 e. The summed E-state index contributed by atoms with van der Waals surface area (Å²) in [5.41, 5.74) is 8.45. The molecule has 1 saturated heterocycles. The summed E-state index contributed by atoms with van der Waals surface area (Å²) >= 11 is 6.20. The molecule has 1 aliphatic heterocycles. The first-order valence-corrected chi connectivity index (χ1v) is 9.64. The van der Waals surface area contributed by atoms with Crippen LogP contribution < -0.4 is 5.73 Å². The minimum absolute atomic E-state index is 0.0450. The van der Waals surface area contributed by atoms with E-state index in [1.54, 1.807) is 41.3 Å². The zero-order valence-corrected chi connectivity index (χ0v) is 16.3. The molecule has 1 atom stereocenters. The number of hydrogen-bond donors (Lipinski definition) is 2. The lowest BCUT2D eigenvalue weighted by molar-refractivity contribution is 0.0676. The Bertz CT molecular complexity index is 1030. The molecule has 3 heterocycles. The molecule has 0 bridgehead atoms.